The zero-order chi connectivity index (χ0) is 11.7. The number of alkyl halides is 1. The summed E-state index contributed by atoms with van der Waals surface area (Å²) in [6, 6.07) is 2.42. The van der Waals surface area contributed by atoms with Gasteiger partial charge in [-0.25, -0.2) is 4.98 Å². The van der Waals surface area contributed by atoms with Crippen LogP contribution in [0, 0.1) is 5.92 Å². The van der Waals surface area contributed by atoms with Crippen LogP contribution in [-0.2, 0) is 0 Å². The molecular weight excluding hydrogens is 355 g/mol. The van der Waals surface area contributed by atoms with Crippen LogP contribution in [0.5, 0.6) is 0 Å². The summed E-state index contributed by atoms with van der Waals surface area (Å²) in [6.45, 7) is 3.28. The Kier molecular flexibility index (Phi) is 4.14. The summed E-state index contributed by atoms with van der Waals surface area (Å²) in [4.78, 5) is 6.77. The Hall–Kier alpha value is 0.200. The van der Waals surface area contributed by atoms with Gasteiger partial charge < -0.3 is 4.90 Å². The summed E-state index contributed by atoms with van der Waals surface area (Å²) in [5.41, 5.74) is 0. The molecule has 2 unspecified atom stereocenters. The van der Waals surface area contributed by atoms with Crippen LogP contribution >= 0.6 is 43.5 Å². The fraction of sp³-hybridized carbons (Fsp3) is 0.545. The minimum atomic E-state index is 0.395. The molecule has 0 radical (unpaired) electrons. The normalized spacial score (nSPS) is 25.1. The first-order chi connectivity index (χ1) is 7.63. The van der Waals surface area contributed by atoms with Gasteiger partial charge in [-0.05, 0) is 50.3 Å². The summed E-state index contributed by atoms with van der Waals surface area (Å²) >= 11 is 13.0. The number of rotatable bonds is 2. The monoisotopic (exact) mass is 366 g/mol. The van der Waals surface area contributed by atoms with Crippen LogP contribution in [0.4, 0.5) is 5.82 Å². The van der Waals surface area contributed by atoms with Gasteiger partial charge >= 0.3 is 0 Å². The molecule has 0 spiro atoms. The lowest BCUT2D eigenvalue weighted by atomic mass is 10.1. The third-order valence-electron chi connectivity index (χ3n) is 3.10. The lowest BCUT2D eigenvalue weighted by molar-refractivity contribution is 0.548. The van der Waals surface area contributed by atoms with Gasteiger partial charge in [-0.3, -0.25) is 0 Å². The fourth-order valence-corrected chi connectivity index (χ4v) is 3.81. The van der Waals surface area contributed by atoms with Gasteiger partial charge in [0.05, 0.1) is 4.47 Å². The molecule has 2 heterocycles. The number of anilines is 1. The van der Waals surface area contributed by atoms with E-state index in [-0.39, 0.29) is 0 Å². The van der Waals surface area contributed by atoms with E-state index >= 15 is 0 Å². The van der Waals surface area contributed by atoms with Crippen molar-refractivity contribution in [1.82, 2.24) is 4.98 Å². The smallest absolute Gasteiger partial charge is 0.143 e. The lowest BCUT2D eigenvalue weighted by Gasteiger charge is -2.27. The van der Waals surface area contributed by atoms with Crippen LogP contribution in [0.25, 0.3) is 0 Å². The summed E-state index contributed by atoms with van der Waals surface area (Å²) in [5.74, 6) is 2.29. The van der Waals surface area contributed by atoms with E-state index in [0.717, 1.165) is 21.3 Å². The molecule has 1 aromatic heterocycles. The van der Waals surface area contributed by atoms with Crippen LogP contribution in [-0.4, -0.2) is 23.5 Å². The van der Waals surface area contributed by atoms with Crippen LogP contribution in [0.3, 0.4) is 0 Å². The molecule has 0 aliphatic carbocycles. The van der Waals surface area contributed by atoms with E-state index in [9.17, 15) is 0 Å². The third-order valence-corrected chi connectivity index (χ3v) is 4.43. The Labute approximate surface area is 118 Å². The maximum Gasteiger partial charge on any atom is 0.143 e. The van der Waals surface area contributed by atoms with E-state index in [0.29, 0.717) is 17.8 Å². The average Bonchev–Trinajstić information content (AvgIpc) is 2.59. The van der Waals surface area contributed by atoms with Gasteiger partial charge in [-0.2, -0.15) is 0 Å². The Bertz CT molecular complexity index is 386. The van der Waals surface area contributed by atoms with Crippen LogP contribution in [0.15, 0.2) is 21.2 Å². The van der Waals surface area contributed by atoms with Crippen molar-refractivity contribution in [2.75, 3.05) is 17.3 Å². The van der Waals surface area contributed by atoms with Gasteiger partial charge in [0.25, 0.3) is 0 Å². The summed E-state index contributed by atoms with van der Waals surface area (Å²) in [6.07, 6.45) is 3.01. The first-order valence-corrected chi connectivity index (χ1v) is 7.39. The van der Waals surface area contributed by atoms with Crippen molar-refractivity contribution in [2.24, 2.45) is 5.92 Å². The highest BCUT2D eigenvalue weighted by Crippen LogP contribution is 2.34. The number of hydrogen-bond acceptors (Lipinski definition) is 2. The van der Waals surface area contributed by atoms with Crippen LogP contribution in [0.1, 0.15) is 13.3 Å². The van der Waals surface area contributed by atoms with Gasteiger partial charge in [0.2, 0.25) is 0 Å². The molecule has 0 N–H and O–H groups in total. The molecule has 0 aromatic carbocycles. The fourth-order valence-electron chi connectivity index (χ4n) is 2.13. The van der Waals surface area contributed by atoms with E-state index in [1.165, 1.54) is 6.42 Å². The van der Waals surface area contributed by atoms with Crippen molar-refractivity contribution in [2.45, 2.75) is 19.4 Å². The van der Waals surface area contributed by atoms with Crippen molar-refractivity contribution in [1.29, 1.82) is 0 Å². The molecule has 1 fully saturated rings. The number of halogens is 3. The molecule has 1 aliphatic heterocycles. The quantitative estimate of drug-likeness (QED) is 0.732. The van der Waals surface area contributed by atoms with E-state index in [1.54, 1.807) is 0 Å². The van der Waals surface area contributed by atoms with Gasteiger partial charge in [-0.1, -0.05) is 6.92 Å². The standard InChI is InChI=1S/C11H13Br2ClN2/c1-7-2-3-16(10(7)5-14)11-9(13)4-8(12)6-15-11/h4,6-7,10H,2-3,5H2,1H3. The maximum atomic E-state index is 6.04. The van der Waals surface area contributed by atoms with Gasteiger partial charge in [0.1, 0.15) is 5.82 Å². The summed E-state index contributed by atoms with van der Waals surface area (Å²) in [7, 11) is 0. The largest absolute Gasteiger partial charge is 0.351 e. The molecule has 0 saturated carbocycles. The Balaban J connectivity index is 2.30. The zero-order valence-electron chi connectivity index (χ0n) is 8.96. The summed E-state index contributed by atoms with van der Waals surface area (Å²) in [5, 5.41) is 0. The Morgan fingerprint density at radius 1 is 1.56 bits per heavy atom. The maximum absolute atomic E-state index is 6.04. The predicted octanol–water partition coefficient (Wildman–Crippen LogP) is 4.06. The molecule has 16 heavy (non-hydrogen) atoms. The van der Waals surface area contributed by atoms with E-state index < -0.39 is 0 Å². The molecular formula is C11H13Br2ClN2. The van der Waals surface area contributed by atoms with E-state index in [2.05, 4.69) is 48.7 Å². The molecule has 1 aliphatic rings. The number of aromatic nitrogens is 1. The first-order valence-electron chi connectivity index (χ1n) is 5.27. The van der Waals surface area contributed by atoms with Gasteiger partial charge in [0.15, 0.2) is 0 Å². The van der Waals surface area contributed by atoms with Crippen molar-refractivity contribution in [3.8, 4) is 0 Å². The Morgan fingerprint density at radius 3 is 2.94 bits per heavy atom. The minimum absolute atomic E-state index is 0.395. The van der Waals surface area contributed by atoms with Crippen molar-refractivity contribution >= 4 is 49.3 Å². The van der Waals surface area contributed by atoms with Crippen LogP contribution in [0.2, 0.25) is 0 Å². The SMILES string of the molecule is CC1CCN(c2ncc(Br)cc2Br)C1CCl. The number of hydrogen-bond donors (Lipinski definition) is 0. The van der Waals surface area contributed by atoms with Crippen molar-refractivity contribution in [3.05, 3.63) is 21.2 Å². The molecule has 0 amide bonds. The highest BCUT2D eigenvalue weighted by atomic mass is 79.9. The molecule has 2 rings (SSSR count). The first kappa shape index (κ1) is 12.7. The van der Waals surface area contributed by atoms with Gasteiger partial charge in [0, 0.05) is 29.1 Å². The topological polar surface area (TPSA) is 16.1 Å². The number of nitrogens with zero attached hydrogens (tertiary/aromatic N) is 2. The molecule has 88 valence electrons. The molecule has 1 saturated heterocycles. The van der Waals surface area contributed by atoms with E-state index in [4.69, 9.17) is 11.6 Å². The molecule has 2 nitrogen and oxygen atoms in total. The van der Waals surface area contributed by atoms with Crippen LogP contribution < -0.4 is 4.90 Å². The summed E-state index contributed by atoms with van der Waals surface area (Å²) < 4.78 is 2.00. The second-order valence-electron chi connectivity index (χ2n) is 4.14. The lowest BCUT2D eigenvalue weighted by Crippen LogP contribution is -2.34. The predicted molar refractivity (Wildman–Crippen MR) is 75.3 cm³/mol. The zero-order valence-corrected chi connectivity index (χ0v) is 12.9. The van der Waals surface area contributed by atoms with Crippen molar-refractivity contribution in [3.63, 3.8) is 0 Å². The average molecular weight is 368 g/mol. The molecule has 5 heteroatoms. The second-order valence-corrected chi connectivity index (χ2v) is 6.22. The number of pyridine rings is 1. The highest BCUT2D eigenvalue weighted by molar-refractivity contribution is 9.11. The third kappa shape index (κ3) is 2.39. The molecule has 0 bridgehead atoms. The minimum Gasteiger partial charge on any atom is -0.351 e. The van der Waals surface area contributed by atoms with E-state index in [1.807, 2.05) is 12.3 Å². The van der Waals surface area contributed by atoms with Gasteiger partial charge in [-0.15, -0.1) is 11.6 Å². The van der Waals surface area contributed by atoms with Crippen molar-refractivity contribution < 1.29 is 0 Å². The Morgan fingerprint density at radius 2 is 2.31 bits per heavy atom. The molecule has 1 aromatic rings. The second kappa shape index (κ2) is 5.23. The molecule has 2 atom stereocenters. The highest BCUT2D eigenvalue weighted by Gasteiger charge is 2.32.